The Labute approximate surface area is 116 Å². The molecular formula is C13H18N6O. The summed E-state index contributed by atoms with van der Waals surface area (Å²) in [5.74, 6) is 0.995. The summed E-state index contributed by atoms with van der Waals surface area (Å²) in [6.45, 7) is 1.32. The zero-order chi connectivity index (χ0) is 13.8. The Kier molecular flexibility index (Phi) is 3.78. The number of aromatic nitrogens is 4. The number of carbonyl (C=O) groups excluding carboxylic acids is 1. The second-order valence-electron chi connectivity index (χ2n) is 4.90. The van der Waals surface area contributed by atoms with Crippen molar-refractivity contribution in [3.05, 3.63) is 35.9 Å². The smallest absolute Gasteiger partial charge is 0.237 e. The van der Waals surface area contributed by atoms with E-state index in [4.69, 9.17) is 0 Å². The van der Waals surface area contributed by atoms with E-state index in [-0.39, 0.29) is 11.9 Å². The molecule has 20 heavy (non-hydrogen) atoms. The number of fused-ring (bicyclic) bond motifs is 1. The molecule has 106 valence electrons. The lowest BCUT2D eigenvalue weighted by atomic mass is 10.0. The third kappa shape index (κ3) is 2.88. The van der Waals surface area contributed by atoms with Crippen LogP contribution in [0.4, 0.5) is 0 Å². The molecule has 0 aliphatic carbocycles. The maximum Gasteiger partial charge on any atom is 0.237 e. The average molecular weight is 274 g/mol. The SMILES string of the molecule is O=C(NCCCc1ncc[nH]1)C1Cc2nc[nH]c2CN1. The first kappa shape index (κ1) is 12.9. The third-order valence-corrected chi connectivity index (χ3v) is 3.49. The van der Waals surface area contributed by atoms with Crippen molar-refractivity contribution in [1.82, 2.24) is 30.6 Å². The van der Waals surface area contributed by atoms with Crippen LogP contribution in [0.3, 0.4) is 0 Å². The average Bonchev–Trinajstić information content (AvgIpc) is 3.13. The molecule has 2 aromatic heterocycles. The van der Waals surface area contributed by atoms with E-state index in [9.17, 15) is 4.79 Å². The molecule has 0 spiro atoms. The van der Waals surface area contributed by atoms with Crippen molar-refractivity contribution >= 4 is 5.91 Å². The summed E-state index contributed by atoms with van der Waals surface area (Å²) in [4.78, 5) is 26.6. The highest BCUT2D eigenvalue weighted by molar-refractivity contribution is 5.82. The zero-order valence-electron chi connectivity index (χ0n) is 11.1. The van der Waals surface area contributed by atoms with Gasteiger partial charge in [0.15, 0.2) is 0 Å². The Morgan fingerprint density at radius 3 is 3.20 bits per heavy atom. The minimum Gasteiger partial charge on any atom is -0.355 e. The molecule has 1 aliphatic rings. The normalized spacial score (nSPS) is 17.7. The molecule has 3 heterocycles. The van der Waals surface area contributed by atoms with Crippen molar-refractivity contribution in [2.45, 2.75) is 31.8 Å². The van der Waals surface area contributed by atoms with Crippen molar-refractivity contribution in [1.29, 1.82) is 0 Å². The second-order valence-corrected chi connectivity index (χ2v) is 4.90. The fourth-order valence-corrected chi connectivity index (χ4v) is 2.38. The summed E-state index contributed by atoms with van der Waals surface area (Å²) < 4.78 is 0. The van der Waals surface area contributed by atoms with Gasteiger partial charge in [0.25, 0.3) is 0 Å². The molecule has 0 bridgehead atoms. The van der Waals surface area contributed by atoms with Gasteiger partial charge in [-0.1, -0.05) is 0 Å². The highest BCUT2D eigenvalue weighted by atomic mass is 16.2. The number of nitrogens with one attached hydrogen (secondary N) is 4. The molecule has 1 unspecified atom stereocenters. The Hall–Kier alpha value is -2.15. The monoisotopic (exact) mass is 274 g/mol. The first-order valence-electron chi connectivity index (χ1n) is 6.83. The number of H-pyrrole nitrogens is 2. The summed E-state index contributed by atoms with van der Waals surface area (Å²) in [5, 5.41) is 6.17. The van der Waals surface area contributed by atoms with Crippen molar-refractivity contribution in [2.24, 2.45) is 0 Å². The van der Waals surface area contributed by atoms with E-state index in [0.717, 1.165) is 30.1 Å². The van der Waals surface area contributed by atoms with Gasteiger partial charge in [-0.2, -0.15) is 0 Å². The number of aryl methyl sites for hydroxylation is 1. The predicted octanol–water partition coefficient (Wildman–Crippen LogP) is -0.104. The molecular weight excluding hydrogens is 256 g/mol. The number of aromatic amines is 2. The molecule has 0 saturated heterocycles. The van der Waals surface area contributed by atoms with Gasteiger partial charge in [0.05, 0.1) is 23.8 Å². The summed E-state index contributed by atoms with van der Waals surface area (Å²) in [7, 11) is 0. The quantitative estimate of drug-likeness (QED) is 0.572. The van der Waals surface area contributed by atoms with E-state index >= 15 is 0 Å². The first-order valence-corrected chi connectivity index (χ1v) is 6.83. The molecule has 0 aromatic carbocycles. The Balaban J connectivity index is 1.41. The Morgan fingerprint density at radius 1 is 1.40 bits per heavy atom. The van der Waals surface area contributed by atoms with E-state index in [1.807, 2.05) is 0 Å². The van der Waals surface area contributed by atoms with Crippen LogP contribution in [-0.4, -0.2) is 38.4 Å². The van der Waals surface area contributed by atoms with Gasteiger partial charge in [-0.05, 0) is 6.42 Å². The Morgan fingerprint density at radius 2 is 2.35 bits per heavy atom. The molecule has 1 amide bonds. The minimum atomic E-state index is -0.186. The van der Waals surface area contributed by atoms with Gasteiger partial charge in [-0.3, -0.25) is 10.1 Å². The minimum absolute atomic E-state index is 0.0399. The lowest BCUT2D eigenvalue weighted by Crippen LogP contribution is -2.47. The van der Waals surface area contributed by atoms with Gasteiger partial charge in [-0.25, -0.2) is 9.97 Å². The largest absolute Gasteiger partial charge is 0.355 e. The summed E-state index contributed by atoms with van der Waals surface area (Å²) in [6, 6.07) is -0.186. The lowest BCUT2D eigenvalue weighted by Gasteiger charge is -2.22. The highest BCUT2D eigenvalue weighted by Crippen LogP contribution is 2.11. The maximum atomic E-state index is 12.1. The molecule has 4 N–H and O–H groups in total. The van der Waals surface area contributed by atoms with E-state index in [2.05, 4.69) is 30.6 Å². The zero-order valence-corrected chi connectivity index (χ0v) is 11.1. The van der Waals surface area contributed by atoms with Gasteiger partial charge >= 0.3 is 0 Å². The van der Waals surface area contributed by atoms with Crippen molar-refractivity contribution in [2.75, 3.05) is 6.54 Å². The van der Waals surface area contributed by atoms with Gasteiger partial charge in [0.1, 0.15) is 5.82 Å². The van der Waals surface area contributed by atoms with Gasteiger partial charge in [-0.15, -0.1) is 0 Å². The number of carbonyl (C=O) groups is 1. The van der Waals surface area contributed by atoms with Gasteiger partial charge in [0, 0.05) is 38.3 Å². The molecule has 2 aromatic rings. The molecule has 1 atom stereocenters. The number of hydrogen-bond donors (Lipinski definition) is 4. The van der Waals surface area contributed by atoms with E-state index in [0.29, 0.717) is 19.5 Å². The number of hydrogen-bond acceptors (Lipinski definition) is 4. The molecule has 0 radical (unpaired) electrons. The first-order chi connectivity index (χ1) is 9.83. The third-order valence-electron chi connectivity index (χ3n) is 3.49. The molecule has 7 heteroatoms. The van der Waals surface area contributed by atoms with E-state index in [1.54, 1.807) is 18.7 Å². The highest BCUT2D eigenvalue weighted by Gasteiger charge is 2.25. The fraction of sp³-hybridized carbons (Fsp3) is 0.462. The topological polar surface area (TPSA) is 98.5 Å². The van der Waals surface area contributed by atoms with Gasteiger partial charge in [0.2, 0.25) is 5.91 Å². The molecule has 7 nitrogen and oxygen atoms in total. The van der Waals surface area contributed by atoms with Crippen LogP contribution in [0.5, 0.6) is 0 Å². The van der Waals surface area contributed by atoms with E-state index in [1.165, 1.54) is 0 Å². The second kappa shape index (κ2) is 5.87. The molecule has 0 fully saturated rings. The number of imidazole rings is 2. The van der Waals surface area contributed by atoms with Crippen LogP contribution in [0.2, 0.25) is 0 Å². The fourth-order valence-electron chi connectivity index (χ4n) is 2.38. The van der Waals surface area contributed by atoms with Gasteiger partial charge < -0.3 is 15.3 Å². The Bertz CT molecular complexity index is 561. The molecule has 0 saturated carbocycles. The van der Waals surface area contributed by atoms with E-state index < -0.39 is 0 Å². The van der Waals surface area contributed by atoms with Crippen LogP contribution in [0, 0.1) is 0 Å². The lowest BCUT2D eigenvalue weighted by molar-refractivity contribution is -0.123. The van der Waals surface area contributed by atoms with Crippen LogP contribution in [0.1, 0.15) is 23.6 Å². The summed E-state index contributed by atoms with van der Waals surface area (Å²) >= 11 is 0. The van der Waals surface area contributed by atoms with Crippen LogP contribution in [0.15, 0.2) is 18.7 Å². The summed E-state index contributed by atoms with van der Waals surface area (Å²) in [6.07, 6.45) is 7.58. The predicted molar refractivity (Wildman–Crippen MR) is 72.8 cm³/mol. The number of amides is 1. The van der Waals surface area contributed by atoms with Crippen molar-refractivity contribution < 1.29 is 4.79 Å². The summed E-state index contributed by atoms with van der Waals surface area (Å²) in [5.41, 5.74) is 2.06. The van der Waals surface area contributed by atoms with Crippen LogP contribution >= 0.6 is 0 Å². The number of rotatable bonds is 5. The van der Waals surface area contributed by atoms with Crippen LogP contribution in [-0.2, 0) is 24.2 Å². The maximum absolute atomic E-state index is 12.1. The van der Waals surface area contributed by atoms with Crippen LogP contribution < -0.4 is 10.6 Å². The number of nitrogens with zero attached hydrogens (tertiary/aromatic N) is 2. The standard InChI is InChI=1S/C13H18N6O/c20-13(16-3-1-2-12-14-4-5-15-12)10-6-9-11(7-17-10)19-8-18-9/h4-5,8,10,17H,1-3,6-7H2,(H,14,15)(H,16,20)(H,18,19). The molecule has 1 aliphatic heterocycles. The molecule has 3 rings (SSSR count). The van der Waals surface area contributed by atoms with Crippen molar-refractivity contribution in [3.8, 4) is 0 Å². The van der Waals surface area contributed by atoms with Crippen LogP contribution in [0.25, 0.3) is 0 Å². The van der Waals surface area contributed by atoms with Crippen molar-refractivity contribution in [3.63, 3.8) is 0 Å².